The van der Waals surface area contributed by atoms with Crippen LogP contribution in [-0.4, -0.2) is 34.7 Å². The van der Waals surface area contributed by atoms with Gasteiger partial charge in [-0.05, 0) is 36.0 Å². The zero-order chi connectivity index (χ0) is 18.8. The second kappa shape index (κ2) is 7.24. The topological polar surface area (TPSA) is 58.6 Å². The first-order valence-electron chi connectivity index (χ1n) is 6.67. The first-order valence-corrected chi connectivity index (χ1v) is 7.46. The van der Waals surface area contributed by atoms with Gasteiger partial charge in [0.25, 0.3) is 11.8 Å². The maximum absolute atomic E-state index is 12.3. The minimum absolute atomic E-state index is 0.0565. The maximum Gasteiger partial charge on any atom is 0.573 e. The summed E-state index contributed by atoms with van der Waals surface area (Å²) in [4.78, 5) is 25.4. The number of thiocarbonyl (C=S) groups is 1. The summed E-state index contributed by atoms with van der Waals surface area (Å²) in [6.45, 7) is 3.58. The largest absolute Gasteiger partial charge is 0.573 e. The fraction of sp³-hybridized carbons (Fsp3) is 0.133. The Bertz CT molecular complexity index is 793. The SMILES string of the molecule is C=CCN1C(=O)/C(=C/c2ccc(OC(F)(F)F)c(Cl)c2)C(=O)NC1=S. The third-order valence-electron chi connectivity index (χ3n) is 2.99. The molecule has 2 amide bonds. The lowest BCUT2D eigenvalue weighted by Crippen LogP contribution is -2.53. The smallest absolute Gasteiger partial charge is 0.404 e. The number of ether oxygens (including phenoxy) is 1. The van der Waals surface area contributed by atoms with Gasteiger partial charge in [0.1, 0.15) is 11.3 Å². The van der Waals surface area contributed by atoms with Crippen LogP contribution in [0.2, 0.25) is 5.02 Å². The van der Waals surface area contributed by atoms with Crippen LogP contribution >= 0.6 is 23.8 Å². The molecule has 1 heterocycles. The average molecular weight is 391 g/mol. The molecule has 1 N–H and O–H groups in total. The quantitative estimate of drug-likeness (QED) is 0.371. The Morgan fingerprint density at radius 1 is 1.36 bits per heavy atom. The van der Waals surface area contributed by atoms with Crippen molar-refractivity contribution in [2.75, 3.05) is 6.54 Å². The Hall–Kier alpha value is -2.39. The minimum Gasteiger partial charge on any atom is -0.404 e. The van der Waals surface area contributed by atoms with E-state index in [0.717, 1.165) is 17.0 Å². The van der Waals surface area contributed by atoms with E-state index in [0.29, 0.717) is 0 Å². The van der Waals surface area contributed by atoms with E-state index in [9.17, 15) is 22.8 Å². The van der Waals surface area contributed by atoms with Crippen molar-refractivity contribution < 1.29 is 27.5 Å². The predicted molar refractivity (Wildman–Crippen MR) is 88.8 cm³/mol. The molecule has 1 aromatic carbocycles. The zero-order valence-electron chi connectivity index (χ0n) is 12.4. The molecule has 25 heavy (non-hydrogen) atoms. The van der Waals surface area contributed by atoms with Crippen LogP contribution in [0.5, 0.6) is 5.75 Å². The second-order valence-corrected chi connectivity index (χ2v) is 5.55. The number of nitrogens with one attached hydrogen (secondary N) is 1. The molecule has 10 heteroatoms. The number of carbonyl (C=O) groups is 2. The van der Waals surface area contributed by atoms with Gasteiger partial charge in [-0.15, -0.1) is 19.8 Å². The summed E-state index contributed by atoms with van der Waals surface area (Å²) < 4.78 is 40.4. The van der Waals surface area contributed by atoms with Gasteiger partial charge < -0.3 is 4.74 Å². The van der Waals surface area contributed by atoms with E-state index < -0.39 is 23.9 Å². The summed E-state index contributed by atoms with van der Waals surface area (Å²) in [5.41, 5.74) is 0.000373. The van der Waals surface area contributed by atoms with Gasteiger partial charge in [0, 0.05) is 6.54 Å². The lowest BCUT2D eigenvalue weighted by atomic mass is 10.1. The highest BCUT2D eigenvalue weighted by molar-refractivity contribution is 7.80. The number of hydrogen-bond donors (Lipinski definition) is 1. The normalized spacial score (nSPS) is 16.9. The third kappa shape index (κ3) is 4.58. The first kappa shape index (κ1) is 18.9. The number of benzene rings is 1. The van der Waals surface area contributed by atoms with E-state index in [1.807, 2.05) is 0 Å². The van der Waals surface area contributed by atoms with Gasteiger partial charge in [-0.1, -0.05) is 23.7 Å². The van der Waals surface area contributed by atoms with Crippen LogP contribution in [0.3, 0.4) is 0 Å². The number of nitrogens with zero attached hydrogens (tertiary/aromatic N) is 1. The lowest BCUT2D eigenvalue weighted by Gasteiger charge is -2.27. The van der Waals surface area contributed by atoms with Crippen molar-refractivity contribution in [3.63, 3.8) is 0 Å². The van der Waals surface area contributed by atoms with E-state index in [4.69, 9.17) is 23.8 Å². The van der Waals surface area contributed by atoms with Crippen molar-refractivity contribution in [1.82, 2.24) is 10.2 Å². The molecule has 1 aliphatic heterocycles. The van der Waals surface area contributed by atoms with E-state index in [1.165, 1.54) is 18.2 Å². The van der Waals surface area contributed by atoms with Crippen molar-refractivity contribution in [2.45, 2.75) is 6.36 Å². The fourth-order valence-electron chi connectivity index (χ4n) is 1.97. The van der Waals surface area contributed by atoms with E-state index in [-0.39, 0.29) is 27.8 Å². The second-order valence-electron chi connectivity index (χ2n) is 4.76. The molecular formula is C15H10ClF3N2O3S. The molecule has 0 atom stereocenters. The summed E-state index contributed by atoms with van der Waals surface area (Å²) in [7, 11) is 0. The molecule has 1 aliphatic rings. The highest BCUT2D eigenvalue weighted by atomic mass is 35.5. The zero-order valence-corrected chi connectivity index (χ0v) is 14.0. The Labute approximate surface area is 150 Å². The Balaban J connectivity index is 2.33. The third-order valence-corrected chi connectivity index (χ3v) is 3.61. The van der Waals surface area contributed by atoms with Gasteiger partial charge in [-0.3, -0.25) is 19.8 Å². The van der Waals surface area contributed by atoms with E-state index in [2.05, 4.69) is 16.6 Å². The summed E-state index contributed by atoms with van der Waals surface area (Å²) in [5, 5.41) is 1.97. The molecule has 0 spiro atoms. The van der Waals surface area contributed by atoms with Gasteiger partial charge in [0.2, 0.25) is 0 Å². The number of halogens is 4. The summed E-state index contributed by atoms with van der Waals surface area (Å²) >= 11 is 10.6. The van der Waals surface area contributed by atoms with Gasteiger partial charge in [-0.25, -0.2) is 0 Å². The van der Waals surface area contributed by atoms with E-state index >= 15 is 0 Å². The Kier molecular flexibility index (Phi) is 5.48. The average Bonchev–Trinajstić information content (AvgIpc) is 2.49. The molecule has 0 aromatic heterocycles. The minimum atomic E-state index is -4.89. The van der Waals surface area contributed by atoms with Gasteiger partial charge in [0.05, 0.1) is 5.02 Å². The van der Waals surface area contributed by atoms with Crippen molar-refractivity contribution in [1.29, 1.82) is 0 Å². The van der Waals surface area contributed by atoms with Crippen molar-refractivity contribution in [3.8, 4) is 5.75 Å². The highest BCUT2D eigenvalue weighted by Gasteiger charge is 2.33. The summed E-state index contributed by atoms with van der Waals surface area (Å²) in [6.07, 6.45) is -2.26. The molecule has 1 aromatic rings. The standard InChI is InChI=1S/C15H10ClF3N2O3S/c1-2-5-21-13(23)9(12(22)20-14(21)25)6-8-3-4-11(10(16)7-8)24-15(17,18)19/h2-4,6-7H,1,5H2,(H,20,22,25)/b9-6+. The van der Waals surface area contributed by atoms with Crippen molar-refractivity contribution in [2.24, 2.45) is 0 Å². The summed E-state index contributed by atoms with van der Waals surface area (Å²) in [5.74, 6) is -1.97. The molecule has 0 unspecified atom stereocenters. The highest BCUT2D eigenvalue weighted by Crippen LogP contribution is 2.31. The Morgan fingerprint density at radius 2 is 2.04 bits per heavy atom. The Morgan fingerprint density at radius 3 is 2.60 bits per heavy atom. The number of rotatable bonds is 4. The number of alkyl halides is 3. The first-order chi connectivity index (χ1) is 11.6. The molecule has 132 valence electrons. The van der Waals surface area contributed by atoms with Crippen LogP contribution in [0, 0.1) is 0 Å². The van der Waals surface area contributed by atoms with Gasteiger partial charge in [-0.2, -0.15) is 0 Å². The van der Waals surface area contributed by atoms with Crippen LogP contribution in [0.4, 0.5) is 13.2 Å². The van der Waals surface area contributed by atoms with Crippen LogP contribution in [-0.2, 0) is 9.59 Å². The molecule has 2 rings (SSSR count). The molecule has 0 radical (unpaired) electrons. The molecule has 1 saturated heterocycles. The molecule has 1 fully saturated rings. The van der Waals surface area contributed by atoms with Gasteiger partial charge in [0.15, 0.2) is 5.11 Å². The van der Waals surface area contributed by atoms with Crippen LogP contribution in [0.1, 0.15) is 5.56 Å². The van der Waals surface area contributed by atoms with Crippen LogP contribution in [0.25, 0.3) is 6.08 Å². The molecule has 0 bridgehead atoms. The van der Waals surface area contributed by atoms with Gasteiger partial charge >= 0.3 is 6.36 Å². The van der Waals surface area contributed by atoms with Crippen molar-refractivity contribution >= 4 is 46.8 Å². The monoisotopic (exact) mass is 390 g/mol. The molecule has 0 saturated carbocycles. The fourth-order valence-corrected chi connectivity index (χ4v) is 2.45. The van der Waals surface area contributed by atoms with Crippen LogP contribution in [0.15, 0.2) is 36.4 Å². The van der Waals surface area contributed by atoms with Crippen molar-refractivity contribution in [3.05, 3.63) is 47.0 Å². The number of carbonyl (C=O) groups excluding carboxylic acids is 2. The summed E-state index contributed by atoms with van der Waals surface area (Å²) in [6, 6.07) is 3.35. The number of amides is 2. The lowest BCUT2D eigenvalue weighted by molar-refractivity contribution is -0.274. The number of hydrogen-bond acceptors (Lipinski definition) is 4. The molecule has 0 aliphatic carbocycles. The maximum atomic E-state index is 12.3. The molecule has 5 nitrogen and oxygen atoms in total. The van der Waals surface area contributed by atoms with Crippen LogP contribution < -0.4 is 10.1 Å². The predicted octanol–water partition coefficient (Wildman–Crippen LogP) is 3.05. The molecular weight excluding hydrogens is 381 g/mol. The van der Waals surface area contributed by atoms with E-state index in [1.54, 1.807) is 0 Å².